The quantitative estimate of drug-likeness (QED) is 0.736. The first-order valence-electron chi connectivity index (χ1n) is 8.08. The van der Waals surface area contributed by atoms with E-state index in [1.807, 2.05) is 30.3 Å². The summed E-state index contributed by atoms with van der Waals surface area (Å²) in [4.78, 5) is 21.6. The predicted octanol–water partition coefficient (Wildman–Crippen LogP) is 0.855. The lowest BCUT2D eigenvalue weighted by atomic mass is 9.64. The lowest BCUT2D eigenvalue weighted by Gasteiger charge is -2.43. The molecule has 1 aliphatic heterocycles. The summed E-state index contributed by atoms with van der Waals surface area (Å²) < 4.78 is 4.96. The molecule has 0 saturated heterocycles. The Bertz CT molecular complexity index is 813. The number of amides is 1. The van der Waals surface area contributed by atoms with Gasteiger partial charge in [0.2, 0.25) is 0 Å². The van der Waals surface area contributed by atoms with E-state index >= 15 is 0 Å². The molecule has 1 aromatic heterocycles. The number of aromatic nitrogens is 2. The molecule has 8 heteroatoms. The molecule has 2 heterocycles. The molecule has 0 radical (unpaired) electrons. The van der Waals surface area contributed by atoms with Crippen molar-refractivity contribution in [2.75, 3.05) is 0 Å². The summed E-state index contributed by atoms with van der Waals surface area (Å²) in [5.41, 5.74) is 8.50. The molecular formula is C17H18N4O4. The van der Waals surface area contributed by atoms with Crippen molar-refractivity contribution in [2.24, 2.45) is 11.7 Å². The second kappa shape index (κ2) is 5.98. The highest BCUT2D eigenvalue weighted by Gasteiger charge is 2.51. The molecule has 2 aliphatic rings. The monoisotopic (exact) mass is 342 g/mol. The Morgan fingerprint density at radius 3 is 2.72 bits per heavy atom. The van der Waals surface area contributed by atoms with Gasteiger partial charge in [0.25, 0.3) is 11.8 Å². The lowest BCUT2D eigenvalue weighted by molar-refractivity contribution is -0.121. The average Bonchev–Trinajstić information content (AvgIpc) is 3.23. The molecule has 1 amide bonds. The molecule has 1 fully saturated rings. The van der Waals surface area contributed by atoms with Crippen molar-refractivity contribution < 1.29 is 19.3 Å². The van der Waals surface area contributed by atoms with Crippen LogP contribution < -0.4 is 11.2 Å². The molecule has 1 saturated carbocycles. The molecule has 1 aliphatic carbocycles. The molecule has 4 N–H and O–H groups in total. The Kier molecular flexibility index (Phi) is 3.78. The molecule has 25 heavy (non-hydrogen) atoms. The third-order valence-electron chi connectivity index (χ3n) is 4.91. The summed E-state index contributed by atoms with van der Waals surface area (Å²) in [5, 5.41) is 13.0. The van der Waals surface area contributed by atoms with Crippen LogP contribution in [0.4, 0.5) is 0 Å². The highest BCUT2D eigenvalue weighted by Crippen LogP contribution is 2.53. The van der Waals surface area contributed by atoms with Gasteiger partial charge >= 0.3 is 0 Å². The van der Waals surface area contributed by atoms with E-state index in [0.29, 0.717) is 5.82 Å². The normalized spacial score (nSPS) is 28.1. The van der Waals surface area contributed by atoms with Crippen molar-refractivity contribution in [3.8, 4) is 0 Å². The van der Waals surface area contributed by atoms with Gasteiger partial charge in [0.15, 0.2) is 5.82 Å². The van der Waals surface area contributed by atoms with Gasteiger partial charge in [0, 0.05) is 5.92 Å². The SMILES string of the molecule is NC(=O)C1=CC(c2ccccc2)(C2CC(c3noc(CO)n3)C2)ON1. The van der Waals surface area contributed by atoms with Gasteiger partial charge in [-0.3, -0.25) is 15.1 Å². The summed E-state index contributed by atoms with van der Waals surface area (Å²) in [6, 6.07) is 9.72. The van der Waals surface area contributed by atoms with E-state index in [0.717, 1.165) is 18.4 Å². The number of benzene rings is 1. The Hall–Kier alpha value is -2.71. The average molecular weight is 342 g/mol. The number of nitrogens with zero attached hydrogens (tertiary/aromatic N) is 2. The molecular weight excluding hydrogens is 324 g/mol. The van der Waals surface area contributed by atoms with Crippen molar-refractivity contribution in [1.82, 2.24) is 15.6 Å². The predicted molar refractivity (Wildman–Crippen MR) is 85.3 cm³/mol. The summed E-state index contributed by atoms with van der Waals surface area (Å²) in [7, 11) is 0. The van der Waals surface area contributed by atoms with Crippen LogP contribution in [0.1, 0.15) is 36.0 Å². The van der Waals surface area contributed by atoms with E-state index in [2.05, 4.69) is 15.6 Å². The smallest absolute Gasteiger partial charge is 0.266 e. The maximum absolute atomic E-state index is 11.5. The molecule has 1 unspecified atom stereocenters. The molecule has 8 nitrogen and oxygen atoms in total. The fourth-order valence-corrected chi connectivity index (χ4v) is 3.49. The molecule has 1 aromatic carbocycles. The van der Waals surface area contributed by atoms with Gasteiger partial charge in [-0.25, -0.2) is 0 Å². The highest BCUT2D eigenvalue weighted by atomic mass is 16.7. The van der Waals surface area contributed by atoms with Crippen LogP contribution in [0.5, 0.6) is 0 Å². The number of rotatable bonds is 5. The zero-order valence-electron chi connectivity index (χ0n) is 13.4. The number of hydrogen-bond acceptors (Lipinski definition) is 7. The third-order valence-corrected chi connectivity index (χ3v) is 4.91. The lowest BCUT2D eigenvalue weighted by Crippen LogP contribution is -2.42. The van der Waals surface area contributed by atoms with Gasteiger partial charge in [-0.2, -0.15) is 4.98 Å². The molecule has 2 aromatic rings. The minimum absolute atomic E-state index is 0.125. The molecule has 0 spiro atoms. The Balaban J connectivity index is 1.60. The molecule has 4 rings (SSSR count). The van der Waals surface area contributed by atoms with E-state index in [-0.39, 0.29) is 30.0 Å². The van der Waals surface area contributed by atoms with Crippen LogP contribution in [0.3, 0.4) is 0 Å². The second-order valence-corrected chi connectivity index (χ2v) is 6.36. The van der Waals surface area contributed by atoms with Crippen LogP contribution in [0, 0.1) is 5.92 Å². The minimum atomic E-state index is -0.758. The summed E-state index contributed by atoms with van der Waals surface area (Å²) in [5.74, 6) is 0.503. The Morgan fingerprint density at radius 1 is 1.36 bits per heavy atom. The van der Waals surface area contributed by atoms with Gasteiger partial charge in [-0.1, -0.05) is 35.5 Å². The van der Waals surface area contributed by atoms with Gasteiger partial charge in [0.05, 0.1) is 0 Å². The summed E-state index contributed by atoms with van der Waals surface area (Å²) in [6.45, 7) is -0.269. The number of nitrogens with one attached hydrogen (secondary N) is 1. The highest BCUT2D eigenvalue weighted by molar-refractivity contribution is 5.91. The number of aliphatic hydroxyl groups excluding tert-OH is 1. The zero-order chi connectivity index (χ0) is 17.4. The number of aliphatic hydroxyl groups is 1. The van der Waals surface area contributed by atoms with Crippen LogP contribution in [0.2, 0.25) is 0 Å². The van der Waals surface area contributed by atoms with Crippen molar-refractivity contribution >= 4 is 5.91 Å². The van der Waals surface area contributed by atoms with E-state index in [1.165, 1.54) is 0 Å². The largest absolute Gasteiger partial charge is 0.387 e. The first-order chi connectivity index (χ1) is 12.1. The number of hydroxylamine groups is 1. The maximum atomic E-state index is 11.5. The van der Waals surface area contributed by atoms with E-state index < -0.39 is 11.5 Å². The second-order valence-electron chi connectivity index (χ2n) is 6.36. The number of carbonyl (C=O) groups excluding carboxylic acids is 1. The maximum Gasteiger partial charge on any atom is 0.266 e. The van der Waals surface area contributed by atoms with E-state index in [9.17, 15) is 4.79 Å². The van der Waals surface area contributed by atoms with Gasteiger partial charge in [0.1, 0.15) is 17.9 Å². The van der Waals surface area contributed by atoms with Crippen LogP contribution in [0.15, 0.2) is 46.6 Å². The number of primary amides is 1. The van der Waals surface area contributed by atoms with Crippen LogP contribution in [-0.2, 0) is 21.8 Å². The molecule has 1 atom stereocenters. The van der Waals surface area contributed by atoms with Gasteiger partial charge in [-0.05, 0) is 30.4 Å². The van der Waals surface area contributed by atoms with Gasteiger partial charge in [-0.15, -0.1) is 0 Å². The van der Waals surface area contributed by atoms with E-state index in [4.69, 9.17) is 20.2 Å². The third kappa shape index (κ3) is 2.59. The zero-order valence-corrected chi connectivity index (χ0v) is 13.4. The van der Waals surface area contributed by atoms with Crippen molar-refractivity contribution in [3.63, 3.8) is 0 Å². The number of hydrogen-bond donors (Lipinski definition) is 3. The van der Waals surface area contributed by atoms with Crippen molar-refractivity contribution in [3.05, 3.63) is 59.4 Å². The van der Waals surface area contributed by atoms with Crippen molar-refractivity contribution in [2.45, 2.75) is 31.0 Å². The van der Waals surface area contributed by atoms with Crippen LogP contribution >= 0.6 is 0 Å². The van der Waals surface area contributed by atoms with Crippen LogP contribution in [0.25, 0.3) is 0 Å². The molecule has 0 bridgehead atoms. The fraction of sp³-hybridized carbons (Fsp3) is 0.353. The summed E-state index contributed by atoms with van der Waals surface area (Å²) in [6.07, 6.45) is 3.30. The first kappa shape index (κ1) is 15.8. The summed E-state index contributed by atoms with van der Waals surface area (Å²) >= 11 is 0. The Morgan fingerprint density at radius 2 is 2.12 bits per heavy atom. The fourth-order valence-electron chi connectivity index (χ4n) is 3.49. The number of nitrogens with two attached hydrogens (primary N) is 1. The van der Waals surface area contributed by atoms with Gasteiger partial charge < -0.3 is 15.4 Å². The number of carbonyl (C=O) groups is 1. The Labute approximate surface area is 143 Å². The van der Waals surface area contributed by atoms with Crippen LogP contribution in [-0.4, -0.2) is 21.2 Å². The minimum Gasteiger partial charge on any atom is -0.387 e. The molecule has 130 valence electrons. The van der Waals surface area contributed by atoms with Crippen molar-refractivity contribution in [1.29, 1.82) is 0 Å². The van der Waals surface area contributed by atoms with E-state index in [1.54, 1.807) is 6.08 Å². The topological polar surface area (TPSA) is 124 Å². The first-order valence-corrected chi connectivity index (χ1v) is 8.08. The standard InChI is InChI=1S/C17H18N4O4/c18-15(23)13-8-17(25-20-13,11-4-2-1-3-5-11)12-6-10(7-12)16-19-14(9-22)24-21-16/h1-5,8,10,12,20,22H,6-7,9H2,(H2,18,23).